The third kappa shape index (κ3) is 2.56. The second-order valence-electron chi connectivity index (χ2n) is 5.02. The number of rotatable bonds is 3. The van der Waals surface area contributed by atoms with E-state index in [1.54, 1.807) is 6.07 Å². The molecule has 1 unspecified atom stereocenters. The molecule has 0 aliphatic heterocycles. The summed E-state index contributed by atoms with van der Waals surface area (Å²) in [5.74, 6) is 0.297. The van der Waals surface area contributed by atoms with Crippen LogP contribution in [-0.2, 0) is 6.42 Å². The molecule has 1 fully saturated rings. The maximum Gasteiger partial charge on any atom is 0.414 e. The first-order valence-corrected chi connectivity index (χ1v) is 7.06. The predicted octanol–water partition coefficient (Wildman–Crippen LogP) is 3.60. The van der Waals surface area contributed by atoms with E-state index in [0.29, 0.717) is 11.3 Å². The Morgan fingerprint density at radius 1 is 1.40 bits per heavy atom. The van der Waals surface area contributed by atoms with Crippen molar-refractivity contribution >= 4 is 27.0 Å². The first-order chi connectivity index (χ1) is 9.36. The highest BCUT2D eigenvalue weighted by molar-refractivity contribution is 9.10. The maximum absolute atomic E-state index is 12.5. The largest absolute Gasteiger partial charge is 0.414 e. The minimum atomic E-state index is -4.62. The van der Waals surface area contributed by atoms with E-state index in [0.717, 1.165) is 22.8 Å². The molecule has 20 heavy (non-hydrogen) atoms. The minimum absolute atomic E-state index is 0.205. The Balaban J connectivity index is 2.03. The van der Waals surface area contributed by atoms with E-state index >= 15 is 0 Å². The number of fused-ring (bicyclic) bond motifs is 1. The number of hydrogen-bond donors (Lipinski definition) is 1. The molecule has 1 heterocycles. The van der Waals surface area contributed by atoms with Gasteiger partial charge >= 0.3 is 6.18 Å². The molecule has 108 valence electrons. The van der Waals surface area contributed by atoms with Crippen LogP contribution >= 0.6 is 15.9 Å². The van der Waals surface area contributed by atoms with Gasteiger partial charge in [-0.1, -0.05) is 15.9 Å². The molecule has 0 saturated heterocycles. The van der Waals surface area contributed by atoms with Gasteiger partial charge in [0.25, 0.3) is 0 Å². The number of nitrogens with zero attached hydrogens (tertiary/aromatic N) is 2. The van der Waals surface area contributed by atoms with E-state index in [9.17, 15) is 18.3 Å². The smallest absolute Gasteiger partial charge is 0.383 e. The van der Waals surface area contributed by atoms with Crippen LogP contribution in [-0.4, -0.2) is 26.9 Å². The standard InChI is InChI=1S/C13H12BrF3N2O/c14-7-1-4-10-9(5-7)18-12(19(10)8-2-3-8)6-11(20)13(15,16)17/h1,4-5,8,11,20H,2-3,6H2. The van der Waals surface area contributed by atoms with Gasteiger partial charge in [0.1, 0.15) is 5.82 Å². The maximum atomic E-state index is 12.5. The Hall–Kier alpha value is -1.08. The minimum Gasteiger partial charge on any atom is -0.383 e. The van der Waals surface area contributed by atoms with Crippen LogP contribution in [0.4, 0.5) is 13.2 Å². The topological polar surface area (TPSA) is 38.1 Å². The molecule has 1 aliphatic carbocycles. The van der Waals surface area contributed by atoms with E-state index in [4.69, 9.17) is 0 Å². The van der Waals surface area contributed by atoms with E-state index < -0.39 is 18.7 Å². The molecule has 3 rings (SSSR count). The van der Waals surface area contributed by atoms with E-state index in [1.165, 1.54) is 0 Å². The number of aliphatic hydroxyl groups is 1. The lowest BCUT2D eigenvalue weighted by Gasteiger charge is -2.15. The molecule has 0 bridgehead atoms. The molecule has 1 atom stereocenters. The molecule has 3 nitrogen and oxygen atoms in total. The molecule has 0 amide bonds. The fraction of sp³-hybridized carbons (Fsp3) is 0.462. The van der Waals surface area contributed by atoms with Crippen molar-refractivity contribution in [2.75, 3.05) is 0 Å². The van der Waals surface area contributed by atoms with E-state index in [-0.39, 0.29) is 6.04 Å². The van der Waals surface area contributed by atoms with Crippen LogP contribution in [0.3, 0.4) is 0 Å². The second kappa shape index (κ2) is 4.73. The average molecular weight is 349 g/mol. The third-order valence-corrected chi connectivity index (χ3v) is 3.88. The fourth-order valence-corrected chi connectivity index (χ4v) is 2.64. The number of imidazole rings is 1. The first kappa shape index (κ1) is 13.9. The highest BCUT2D eigenvalue weighted by atomic mass is 79.9. The first-order valence-electron chi connectivity index (χ1n) is 6.27. The lowest BCUT2D eigenvalue weighted by molar-refractivity contribution is -0.203. The Morgan fingerprint density at radius 3 is 2.70 bits per heavy atom. The van der Waals surface area contributed by atoms with Gasteiger partial charge < -0.3 is 9.67 Å². The van der Waals surface area contributed by atoms with Crippen molar-refractivity contribution in [2.45, 2.75) is 37.6 Å². The van der Waals surface area contributed by atoms with Crippen LogP contribution in [0.15, 0.2) is 22.7 Å². The molecule has 1 N–H and O–H groups in total. The fourth-order valence-electron chi connectivity index (χ4n) is 2.29. The van der Waals surface area contributed by atoms with Gasteiger partial charge in [-0.05, 0) is 31.0 Å². The zero-order valence-corrected chi connectivity index (χ0v) is 11.9. The van der Waals surface area contributed by atoms with Crippen molar-refractivity contribution in [3.05, 3.63) is 28.5 Å². The summed E-state index contributed by atoms with van der Waals surface area (Å²) in [5.41, 5.74) is 1.47. The van der Waals surface area contributed by atoms with Crippen molar-refractivity contribution in [3.63, 3.8) is 0 Å². The molecule has 1 aromatic carbocycles. The molecular weight excluding hydrogens is 337 g/mol. The molecule has 1 aromatic heterocycles. The summed E-state index contributed by atoms with van der Waals surface area (Å²) in [6.07, 6.45) is -5.62. The lowest BCUT2D eigenvalue weighted by atomic mass is 10.2. The Kier molecular flexibility index (Phi) is 3.29. The summed E-state index contributed by atoms with van der Waals surface area (Å²) < 4.78 is 40.2. The molecule has 2 aromatic rings. The van der Waals surface area contributed by atoms with E-state index in [1.807, 2.05) is 16.7 Å². The molecule has 0 radical (unpaired) electrons. The predicted molar refractivity (Wildman–Crippen MR) is 71.5 cm³/mol. The van der Waals surface area contributed by atoms with Crippen molar-refractivity contribution in [1.82, 2.24) is 9.55 Å². The van der Waals surface area contributed by atoms with Gasteiger partial charge in [0, 0.05) is 16.9 Å². The number of benzene rings is 1. The summed E-state index contributed by atoms with van der Waals surface area (Å²) in [7, 11) is 0. The van der Waals surface area contributed by atoms with Crippen LogP contribution in [0.1, 0.15) is 24.7 Å². The van der Waals surface area contributed by atoms with Gasteiger partial charge in [-0.2, -0.15) is 13.2 Å². The summed E-state index contributed by atoms with van der Waals surface area (Å²) in [5, 5.41) is 9.26. The molecule has 1 aliphatic rings. The third-order valence-electron chi connectivity index (χ3n) is 3.39. The summed E-state index contributed by atoms with van der Waals surface area (Å²) in [6, 6.07) is 5.66. The molecule has 0 spiro atoms. The average Bonchev–Trinajstić information content (AvgIpc) is 3.10. The summed E-state index contributed by atoms with van der Waals surface area (Å²) in [4.78, 5) is 4.26. The van der Waals surface area contributed by atoms with Crippen LogP contribution in [0.5, 0.6) is 0 Å². The number of halogens is 4. The number of aromatic nitrogens is 2. The van der Waals surface area contributed by atoms with Crippen LogP contribution in [0.25, 0.3) is 11.0 Å². The van der Waals surface area contributed by atoms with Gasteiger partial charge in [0.05, 0.1) is 11.0 Å². The van der Waals surface area contributed by atoms with Crippen molar-refractivity contribution < 1.29 is 18.3 Å². The van der Waals surface area contributed by atoms with Gasteiger partial charge in [-0.25, -0.2) is 4.98 Å². The molecule has 7 heteroatoms. The zero-order valence-electron chi connectivity index (χ0n) is 10.4. The van der Waals surface area contributed by atoms with Gasteiger partial charge in [0.15, 0.2) is 6.10 Å². The lowest BCUT2D eigenvalue weighted by Crippen LogP contribution is -2.31. The SMILES string of the molecule is OC(Cc1nc2cc(Br)ccc2n1C1CC1)C(F)(F)F. The number of hydrogen-bond acceptors (Lipinski definition) is 2. The highest BCUT2D eigenvalue weighted by Crippen LogP contribution is 2.39. The Labute approximate surface area is 121 Å². The van der Waals surface area contributed by atoms with Crippen LogP contribution < -0.4 is 0 Å². The Morgan fingerprint density at radius 2 is 2.10 bits per heavy atom. The Bertz CT molecular complexity index is 649. The molecule has 1 saturated carbocycles. The van der Waals surface area contributed by atoms with Crippen LogP contribution in [0.2, 0.25) is 0 Å². The van der Waals surface area contributed by atoms with E-state index in [2.05, 4.69) is 20.9 Å². The van der Waals surface area contributed by atoms with Gasteiger partial charge in [0.2, 0.25) is 0 Å². The quantitative estimate of drug-likeness (QED) is 0.920. The number of alkyl halides is 3. The van der Waals surface area contributed by atoms with Crippen molar-refractivity contribution in [3.8, 4) is 0 Å². The van der Waals surface area contributed by atoms with Crippen molar-refractivity contribution in [1.29, 1.82) is 0 Å². The summed E-state index contributed by atoms with van der Waals surface area (Å²) in [6.45, 7) is 0. The monoisotopic (exact) mass is 348 g/mol. The van der Waals surface area contributed by atoms with Gasteiger partial charge in [-0.3, -0.25) is 0 Å². The highest BCUT2D eigenvalue weighted by Gasteiger charge is 2.40. The normalized spacial score (nSPS) is 17.6. The number of aliphatic hydroxyl groups excluding tert-OH is 1. The second-order valence-corrected chi connectivity index (χ2v) is 5.94. The van der Waals surface area contributed by atoms with Crippen molar-refractivity contribution in [2.24, 2.45) is 0 Å². The summed E-state index contributed by atoms with van der Waals surface area (Å²) >= 11 is 3.32. The zero-order chi connectivity index (χ0) is 14.5. The van der Waals surface area contributed by atoms with Crippen LogP contribution in [0, 0.1) is 0 Å². The van der Waals surface area contributed by atoms with Gasteiger partial charge in [-0.15, -0.1) is 0 Å². The molecular formula is C13H12BrF3N2O.